The van der Waals surface area contributed by atoms with E-state index in [0.717, 1.165) is 24.6 Å². The zero-order valence-corrected chi connectivity index (χ0v) is 19.4. The van der Waals surface area contributed by atoms with Crippen molar-refractivity contribution >= 4 is 17.6 Å². The van der Waals surface area contributed by atoms with Crippen LogP contribution in [-0.2, 0) is 33.2 Å². The number of ether oxygens (including phenoxy) is 1. The lowest BCUT2D eigenvalue weighted by Gasteiger charge is -2.29. The van der Waals surface area contributed by atoms with Gasteiger partial charge in [0.2, 0.25) is 11.8 Å². The summed E-state index contributed by atoms with van der Waals surface area (Å²) >= 11 is 0. The first-order valence-corrected chi connectivity index (χ1v) is 10.9. The summed E-state index contributed by atoms with van der Waals surface area (Å²) in [6.07, 6.45) is -4.99. The van der Waals surface area contributed by atoms with Crippen molar-refractivity contribution in [1.82, 2.24) is 15.1 Å². The van der Waals surface area contributed by atoms with E-state index in [1.165, 1.54) is 19.2 Å². The van der Waals surface area contributed by atoms with Gasteiger partial charge in [0.1, 0.15) is 23.2 Å². The van der Waals surface area contributed by atoms with Crippen molar-refractivity contribution in [2.75, 3.05) is 18.5 Å². The highest BCUT2D eigenvalue weighted by Crippen LogP contribution is 2.40. The van der Waals surface area contributed by atoms with Crippen molar-refractivity contribution in [3.8, 4) is 0 Å². The molecule has 0 radical (unpaired) electrons. The van der Waals surface area contributed by atoms with E-state index in [1.54, 1.807) is 13.0 Å². The molecule has 1 aliphatic heterocycles. The molecule has 2 atom stereocenters. The van der Waals surface area contributed by atoms with Gasteiger partial charge in [0.15, 0.2) is 0 Å². The number of amides is 2. The first-order valence-electron chi connectivity index (χ1n) is 10.9. The van der Waals surface area contributed by atoms with Crippen LogP contribution in [0.15, 0.2) is 24.3 Å². The van der Waals surface area contributed by atoms with Crippen LogP contribution in [0.2, 0.25) is 0 Å². The van der Waals surface area contributed by atoms with Crippen LogP contribution in [-0.4, -0.2) is 47.0 Å². The van der Waals surface area contributed by atoms with E-state index >= 15 is 0 Å². The SMILES string of the molecule is CCOC1CC(c2ccc(CC(=O)Nc3cc(C(C)(C)C(F)(F)F)nn3C)c(F)c2)CNC1=O. The van der Waals surface area contributed by atoms with Crippen molar-refractivity contribution in [2.45, 2.75) is 57.2 Å². The monoisotopic (exact) mass is 484 g/mol. The molecule has 186 valence electrons. The quantitative estimate of drug-likeness (QED) is 0.589. The van der Waals surface area contributed by atoms with Crippen molar-refractivity contribution in [1.29, 1.82) is 0 Å². The summed E-state index contributed by atoms with van der Waals surface area (Å²) < 4.78 is 61.2. The van der Waals surface area contributed by atoms with Gasteiger partial charge in [-0.3, -0.25) is 14.3 Å². The molecule has 3 rings (SSSR count). The minimum Gasteiger partial charge on any atom is -0.369 e. The number of alkyl halides is 3. The van der Waals surface area contributed by atoms with Crippen molar-refractivity contribution in [3.05, 3.63) is 46.9 Å². The second-order valence-electron chi connectivity index (χ2n) is 8.86. The molecule has 0 aliphatic carbocycles. The van der Waals surface area contributed by atoms with Gasteiger partial charge in [-0.05, 0) is 44.4 Å². The van der Waals surface area contributed by atoms with E-state index in [2.05, 4.69) is 15.7 Å². The number of hydrogen-bond acceptors (Lipinski definition) is 4. The first kappa shape index (κ1) is 25.7. The van der Waals surface area contributed by atoms with Gasteiger partial charge in [0.25, 0.3) is 0 Å². The van der Waals surface area contributed by atoms with Crippen LogP contribution in [0.5, 0.6) is 0 Å². The maximum absolute atomic E-state index is 14.8. The predicted molar refractivity (Wildman–Crippen MR) is 117 cm³/mol. The highest BCUT2D eigenvalue weighted by Gasteiger charge is 2.50. The Morgan fingerprint density at radius 1 is 1.29 bits per heavy atom. The van der Waals surface area contributed by atoms with Gasteiger partial charge >= 0.3 is 6.18 Å². The average molecular weight is 484 g/mol. The zero-order chi connectivity index (χ0) is 25.3. The van der Waals surface area contributed by atoms with Crippen LogP contribution < -0.4 is 10.6 Å². The summed E-state index contributed by atoms with van der Waals surface area (Å²) in [5, 5.41) is 9.14. The zero-order valence-electron chi connectivity index (χ0n) is 19.4. The van der Waals surface area contributed by atoms with Crippen LogP contribution in [0.1, 0.15) is 49.9 Å². The van der Waals surface area contributed by atoms with Crippen molar-refractivity contribution in [3.63, 3.8) is 0 Å². The summed E-state index contributed by atoms with van der Waals surface area (Å²) in [6.45, 7) is 4.55. The van der Waals surface area contributed by atoms with Gasteiger partial charge in [0.05, 0.1) is 12.1 Å². The number of piperidine rings is 1. The molecule has 1 aliphatic rings. The minimum atomic E-state index is -4.52. The van der Waals surface area contributed by atoms with Crippen molar-refractivity contribution < 1.29 is 31.9 Å². The lowest BCUT2D eigenvalue weighted by atomic mass is 9.88. The lowest BCUT2D eigenvalue weighted by Crippen LogP contribution is -2.45. The summed E-state index contributed by atoms with van der Waals surface area (Å²) in [7, 11) is 1.42. The van der Waals surface area contributed by atoms with Crippen LogP contribution in [0.25, 0.3) is 0 Å². The van der Waals surface area contributed by atoms with Gasteiger partial charge in [-0.25, -0.2) is 4.39 Å². The normalized spacial score (nSPS) is 19.1. The molecule has 1 saturated heterocycles. The molecule has 1 aromatic carbocycles. The third-order valence-corrected chi connectivity index (χ3v) is 6.08. The number of hydrogen-bond donors (Lipinski definition) is 2. The topological polar surface area (TPSA) is 85.2 Å². The molecule has 2 unspecified atom stereocenters. The molecule has 1 aromatic heterocycles. The Hall–Kier alpha value is -2.95. The van der Waals surface area contributed by atoms with Crippen molar-refractivity contribution in [2.24, 2.45) is 7.05 Å². The smallest absolute Gasteiger partial charge is 0.369 e. The van der Waals surface area contributed by atoms with E-state index in [9.17, 15) is 27.2 Å². The molecule has 2 aromatic rings. The van der Waals surface area contributed by atoms with E-state index in [0.29, 0.717) is 25.1 Å². The Kier molecular flexibility index (Phi) is 7.35. The number of carbonyl (C=O) groups excluding carboxylic acids is 2. The number of aryl methyl sites for hydroxylation is 1. The molecule has 34 heavy (non-hydrogen) atoms. The summed E-state index contributed by atoms with van der Waals surface area (Å²) in [4.78, 5) is 24.3. The summed E-state index contributed by atoms with van der Waals surface area (Å²) in [5.74, 6) is -1.41. The van der Waals surface area contributed by atoms with E-state index in [-0.39, 0.29) is 35.3 Å². The standard InChI is InChI=1S/C23H28F4N4O3/c1-5-34-17-9-15(12-28-21(17)33)13-6-7-14(16(24)8-13)10-20(32)29-19-11-18(30-31(19)4)22(2,3)23(25,26)27/h6-8,11,15,17H,5,9-10,12H2,1-4H3,(H,28,33)(H,29,32). The minimum absolute atomic E-state index is 0.0780. The van der Waals surface area contributed by atoms with E-state index in [4.69, 9.17) is 4.74 Å². The highest BCUT2D eigenvalue weighted by atomic mass is 19.4. The predicted octanol–water partition coefficient (Wildman–Crippen LogP) is 3.59. The van der Waals surface area contributed by atoms with Gasteiger partial charge in [0, 0.05) is 32.2 Å². The molecule has 0 spiro atoms. The number of halogens is 4. The van der Waals surface area contributed by atoms with E-state index in [1.807, 2.05) is 0 Å². The average Bonchev–Trinajstić information content (AvgIpc) is 3.11. The highest BCUT2D eigenvalue weighted by molar-refractivity contribution is 5.91. The van der Waals surface area contributed by atoms with Crippen LogP contribution in [0.3, 0.4) is 0 Å². The fourth-order valence-corrected chi connectivity index (χ4v) is 3.74. The molecular formula is C23H28F4N4O3. The second kappa shape index (κ2) is 9.73. The molecule has 2 amide bonds. The maximum Gasteiger partial charge on any atom is 0.399 e. The lowest BCUT2D eigenvalue weighted by molar-refractivity contribution is -0.181. The molecule has 2 heterocycles. The number of nitrogens with zero attached hydrogens (tertiary/aromatic N) is 2. The van der Waals surface area contributed by atoms with Crippen LogP contribution >= 0.6 is 0 Å². The molecule has 1 fully saturated rings. The Labute approximate surface area is 194 Å². The number of benzene rings is 1. The fourth-order valence-electron chi connectivity index (χ4n) is 3.74. The largest absolute Gasteiger partial charge is 0.399 e. The number of anilines is 1. The van der Waals surface area contributed by atoms with Crippen LogP contribution in [0, 0.1) is 5.82 Å². The van der Waals surface area contributed by atoms with E-state index < -0.39 is 29.4 Å². The molecule has 11 heteroatoms. The number of aromatic nitrogens is 2. The number of rotatable bonds is 7. The second-order valence-corrected chi connectivity index (χ2v) is 8.86. The Morgan fingerprint density at radius 2 is 2.00 bits per heavy atom. The third kappa shape index (κ3) is 5.40. The Morgan fingerprint density at radius 3 is 2.62 bits per heavy atom. The fraction of sp³-hybridized carbons (Fsp3) is 0.522. The van der Waals surface area contributed by atoms with Gasteiger partial charge in [-0.15, -0.1) is 0 Å². The first-order chi connectivity index (χ1) is 15.8. The molecule has 2 N–H and O–H groups in total. The summed E-state index contributed by atoms with van der Waals surface area (Å²) in [5.41, 5.74) is -1.62. The maximum atomic E-state index is 14.8. The van der Waals surface area contributed by atoms with Gasteiger partial charge in [-0.1, -0.05) is 12.1 Å². The molecule has 0 saturated carbocycles. The third-order valence-electron chi connectivity index (χ3n) is 6.08. The molecule has 0 bridgehead atoms. The summed E-state index contributed by atoms with van der Waals surface area (Å²) in [6, 6.07) is 5.70. The Balaban J connectivity index is 1.68. The van der Waals surface area contributed by atoms with Gasteiger partial charge in [-0.2, -0.15) is 18.3 Å². The molecule has 7 nitrogen and oxygen atoms in total. The number of carbonyl (C=O) groups is 2. The van der Waals surface area contributed by atoms with Gasteiger partial charge < -0.3 is 15.4 Å². The number of nitrogens with one attached hydrogen (secondary N) is 2. The van der Waals surface area contributed by atoms with Crippen LogP contribution in [0.4, 0.5) is 23.4 Å². The molecular weight excluding hydrogens is 456 g/mol. The Bertz CT molecular complexity index is 1060.